The summed E-state index contributed by atoms with van der Waals surface area (Å²) in [6, 6.07) is 12.7. The predicted octanol–water partition coefficient (Wildman–Crippen LogP) is 3.52. The third-order valence-electron chi connectivity index (χ3n) is 23.4. The average Bonchev–Trinajstić information content (AvgIpc) is 0.753. The predicted molar refractivity (Wildman–Crippen MR) is 452 cm³/mol. The van der Waals surface area contributed by atoms with Crippen molar-refractivity contribution in [3.8, 4) is 68.6 Å². The molecule has 21 N–H and O–H groups in total. The molecule has 0 radical (unpaired) electrons. The van der Waals surface area contributed by atoms with Crippen molar-refractivity contribution in [3.63, 3.8) is 0 Å². The van der Waals surface area contributed by atoms with Gasteiger partial charge in [0.2, 0.25) is 47.8 Å². The molecule has 5 amide bonds. The van der Waals surface area contributed by atoms with Gasteiger partial charge in [-0.1, -0.05) is 99.9 Å². The summed E-state index contributed by atoms with van der Waals surface area (Å²) in [6.45, 7) is 12.6. The number of nitrogens with one attached hydrogen (secondary N) is 6. The monoisotopic (exact) mass is 1820 g/mol. The lowest BCUT2D eigenvalue weighted by Gasteiger charge is -2.48. The fourth-order valence-corrected chi connectivity index (χ4v) is 17.3. The highest BCUT2D eigenvalue weighted by Crippen LogP contribution is 2.52. The highest BCUT2D eigenvalue weighted by atomic mass is 35.5. The molecule has 6 unspecified atom stereocenters. The number of aliphatic hydroxyl groups is 10. The highest BCUT2D eigenvalue weighted by Gasteiger charge is 2.53. The number of ether oxygens (including phenoxy) is 8. The fourth-order valence-electron chi connectivity index (χ4n) is 16.4. The molecule has 8 aliphatic heterocycles. The topological polar surface area (TPSA) is 572 Å². The van der Waals surface area contributed by atoms with Crippen molar-refractivity contribution in [2.75, 3.05) is 13.2 Å². The minimum atomic E-state index is -2.29. The van der Waals surface area contributed by atoms with Crippen LogP contribution in [0.5, 0.6) is 46.0 Å². The Morgan fingerprint density at radius 3 is 1.94 bits per heavy atom. The summed E-state index contributed by atoms with van der Waals surface area (Å²) in [5, 5.41) is 167. The van der Waals surface area contributed by atoms with Gasteiger partial charge in [-0.2, -0.15) is 0 Å². The van der Waals surface area contributed by atoms with E-state index in [2.05, 4.69) is 63.0 Å². The molecular formula is C88H105Cl2N7O29Si. The molecule has 0 aromatic heterocycles. The smallest absolute Gasteiger partial charge is 0.295 e. The van der Waals surface area contributed by atoms with Crippen molar-refractivity contribution in [2.24, 2.45) is 23.5 Å². The third kappa shape index (κ3) is 21.6. The molecule has 36 nitrogen and oxygen atoms in total. The van der Waals surface area contributed by atoms with Crippen LogP contribution >= 0.6 is 23.2 Å². The summed E-state index contributed by atoms with van der Waals surface area (Å²) >= 11 is 14.5. The van der Waals surface area contributed by atoms with Gasteiger partial charge in [-0.05, 0) is 127 Å². The van der Waals surface area contributed by atoms with E-state index < -0.39 is 301 Å². The Hall–Kier alpha value is -10.0. The molecule has 39 heteroatoms. The second-order valence-corrected chi connectivity index (χ2v) is 39.8. The Labute approximate surface area is 740 Å². The van der Waals surface area contributed by atoms with Gasteiger partial charge in [-0.3, -0.25) is 38.4 Å². The lowest BCUT2D eigenvalue weighted by molar-refractivity contribution is -0.334. The number of amides is 5. The second-order valence-electron chi connectivity index (χ2n) is 34.3. The van der Waals surface area contributed by atoms with E-state index in [1.165, 1.54) is 24.3 Å². The first-order valence-electron chi connectivity index (χ1n) is 41.3. The van der Waals surface area contributed by atoms with Crippen LogP contribution in [0.25, 0.3) is 11.1 Å². The van der Waals surface area contributed by atoms with Gasteiger partial charge in [0.1, 0.15) is 104 Å². The van der Waals surface area contributed by atoms with Gasteiger partial charge in [0, 0.05) is 72.5 Å². The van der Waals surface area contributed by atoms with Crippen molar-refractivity contribution in [2.45, 2.75) is 234 Å². The summed E-state index contributed by atoms with van der Waals surface area (Å²) in [4.78, 5) is 119. The number of hydrogen-bond acceptors (Lipinski definition) is 31. The lowest BCUT2D eigenvalue weighted by atomic mass is 9.84. The standard InChI is InChI=1S/C88H105Cl2N7O29Si/c1-9-42(22-38(2)3)81(114)95-68-56(103)26-47(29-64(91)105)82(115)94-67-46-27-60(121-58-18-15-44(71(68)106)24-52(58)89)78(126-87-79(77(112)75(110)63(36-99)124-87)125-65-32-88(5,80(113)39(4)120-65)93-33-41-12-10-40(11-13-41)20-21-127(6,7)8)61(28-46)122-59-19-16-45(25-53(59)90)72(107)69-84(117)97-85(119-37-100)50-31-55(102)51(34-92-70-76(111)74(109)62(35-98)123-86(70)118)73(108)66(50)49-23-43(14-17-54(49)101)48(30-57(67)104)83(116)96-69/h10-19,23-25,27-28,31,37-39,42,47-48,62-63,65,67-72,74-77,79-80,85-87,92-93,98-99,101-102,106-113,118H,9,22,26,29-30,32-36H2,1-8H3,(H2,91,105)(H,94,115)(H,95,114)(H,96,116)(H,97,117)/t39-,42+,47-,48-,62?,63+,65-,67+,68-,69-,70?,71+,72+,74-,75?,76+,77?,79+,80+,85+,86?,87-,88?/m0/s1. The zero-order chi connectivity index (χ0) is 92.3. The summed E-state index contributed by atoms with van der Waals surface area (Å²) < 4.78 is 50.5. The number of ketones is 2. The number of aliphatic hydroxyl groups excluding tert-OH is 10. The number of carbonyl (C=O) groups excluding carboxylic acids is 8. The van der Waals surface area contributed by atoms with Crippen LogP contribution in [0.2, 0.25) is 29.7 Å². The van der Waals surface area contributed by atoms with Crippen LogP contribution in [0.4, 0.5) is 0 Å². The molecule has 23 atom stereocenters. The molecule has 0 saturated carbocycles. The maximum atomic E-state index is 16.6. The molecule has 8 aliphatic rings. The molecule has 0 aliphatic carbocycles. The molecular weight excluding hydrogens is 1720 g/mol. The van der Waals surface area contributed by atoms with Crippen LogP contribution in [0.1, 0.15) is 148 Å². The van der Waals surface area contributed by atoms with E-state index in [0.29, 0.717) is 6.42 Å². The minimum Gasteiger partial charge on any atom is -0.507 e. The van der Waals surface area contributed by atoms with Gasteiger partial charge >= 0.3 is 0 Å². The van der Waals surface area contributed by atoms with Crippen LogP contribution in [0, 0.1) is 29.2 Å². The average molecular weight is 1820 g/mol. The molecule has 6 aromatic carbocycles. The second kappa shape index (κ2) is 40.3. The van der Waals surface area contributed by atoms with E-state index in [-0.39, 0.29) is 59.2 Å². The molecule has 684 valence electrons. The van der Waals surface area contributed by atoms with Gasteiger partial charge in [0.15, 0.2) is 41.7 Å². The Morgan fingerprint density at radius 1 is 0.709 bits per heavy atom. The van der Waals surface area contributed by atoms with E-state index in [9.17, 15) is 80.8 Å². The van der Waals surface area contributed by atoms with Gasteiger partial charge in [0.25, 0.3) is 6.47 Å². The number of aromatic hydroxyl groups is 3. The summed E-state index contributed by atoms with van der Waals surface area (Å²) in [5.74, 6) is -14.9. The maximum absolute atomic E-state index is 16.6. The van der Waals surface area contributed by atoms with Crippen LogP contribution in [0.3, 0.4) is 0 Å². The third-order valence-corrected chi connectivity index (χ3v) is 24.9. The van der Waals surface area contributed by atoms with Crippen LogP contribution in [0.15, 0.2) is 97.1 Å². The number of hydrogen-bond donors (Lipinski definition) is 20. The van der Waals surface area contributed by atoms with Crippen LogP contribution in [-0.2, 0) is 75.1 Å². The van der Waals surface area contributed by atoms with Gasteiger partial charge in [-0.25, -0.2) is 0 Å². The van der Waals surface area contributed by atoms with Crippen molar-refractivity contribution in [1.29, 1.82) is 0 Å². The van der Waals surface area contributed by atoms with E-state index in [4.69, 9.17) is 66.8 Å². The van der Waals surface area contributed by atoms with Gasteiger partial charge in [-0.15, -0.1) is 5.54 Å². The summed E-state index contributed by atoms with van der Waals surface area (Å²) in [5.41, 5.74) is 6.32. The number of carbonyl (C=O) groups is 8. The Morgan fingerprint density at radius 2 is 1.34 bits per heavy atom. The van der Waals surface area contributed by atoms with E-state index in [1.54, 1.807) is 20.8 Å². The molecule has 3 saturated heterocycles. The summed E-state index contributed by atoms with van der Waals surface area (Å²) in [7, 11) is -1.72. The minimum absolute atomic E-state index is 0.0472. The van der Waals surface area contributed by atoms with Crippen molar-refractivity contribution in [3.05, 3.63) is 152 Å². The molecule has 127 heavy (non-hydrogen) atoms. The number of phenolic OH excluding ortho intramolecular Hbond substituents is 3. The Kier molecular flexibility index (Phi) is 30.5. The first kappa shape index (κ1) is 96.1. The normalized spacial score (nSPS) is 29.6. The first-order chi connectivity index (χ1) is 60.1. The maximum Gasteiger partial charge on any atom is 0.295 e. The zero-order valence-corrected chi connectivity index (χ0v) is 72.9. The highest BCUT2D eigenvalue weighted by molar-refractivity contribution is 6.83. The number of rotatable bonds is 21. The van der Waals surface area contributed by atoms with Gasteiger partial charge in [0.05, 0.1) is 58.9 Å². The quantitative estimate of drug-likeness (QED) is 0.0278. The van der Waals surface area contributed by atoms with Gasteiger partial charge < -0.3 is 142 Å². The molecule has 3 fully saturated rings. The number of halogens is 2. The Balaban J connectivity index is 1.05. The number of Topliss-reactive ketones (excluding diaryl/α,β-unsaturated/α-hetero) is 2. The first-order valence-corrected chi connectivity index (χ1v) is 45.6. The number of primary amides is 1. The van der Waals surface area contributed by atoms with Crippen molar-refractivity contribution >= 4 is 78.9 Å². The number of nitrogens with two attached hydrogens (primary N) is 1. The Bertz CT molecular complexity index is 5170. The van der Waals surface area contributed by atoms with E-state index in [1.807, 2.05) is 38.1 Å². The fraction of sp³-hybridized carbons (Fsp3) is 0.477. The molecule has 11 bridgehead atoms. The largest absolute Gasteiger partial charge is 0.507 e. The van der Waals surface area contributed by atoms with Crippen molar-refractivity contribution in [1.82, 2.24) is 31.9 Å². The lowest BCUT2D eigenvalue weighted by Crippen LogP contribution is -2.65. The number of phenols is 3. The SMILES string of the molecule is CC[C@H](CC(C)C)C(=O)N[C@H]1C(=O)C[C@@H](CC(N)=O)C(=O)N[C@H]2C(=O)C[C@@H]3C(=O)N[C@H](C(=O)N[C@H](OC=O)c4cc(O)c(CNC5C(O)OC(CO)[C@H](O)[C@@H]5O)c(O)c4-c4cc3ccc4O)[C@H](O)c3ccc(c(Cl)c3)Oc3cc2cc(c3O[C@@H]2O[C@H](CO)C(O)C(O)[C@H]2O[C@H]2CC(C)(NCc3ccc(C#C[Si](C)(C)C)cc3)[C@H](O)[C@H](C)O2)Oc2ccc(cc2Cl)[C@H]1O. The van der Waals surface area contributed by atoms with E-state index in [0.717, 1.165) is 59.7 Å². The number of fused-ring (bicyclic) bond motifs is 15. The molecule has 8 heterocycles. The molecule has 14 rings (SSSR count). The summed E-state index contributed by atoms with van der Waals surface area (Å²) in [6.07, 6.45) is -29.6. The molecule has 6 aromatic rings. The number of benzene rings is 6. The zero-order valence-electron chi connectivity index (χ0n) is 70.3. The molecule has 0 spiro atoms. The van der Waals surface area contributed by atoms with Crippen LogP contribution < -0.4 is 51.8 Å². The van der Waals surface area contributed by atoms with E-state index >= 15 is 24.0 Å². The van der Waals surface area contributed by atoms with Crippen molar-refractivity contribution < 1.29 is 143 Å². The van der Waals surface area contributed by atoms with Crippen LogP contribution in [-0.4, -0.2) is 233 Å².